The number of anilines is 1. The second-order valence-electron chi connectivity index (χ2n) is 4.54. The highest BCUT2D eigenvalue weighted by atomic mass is 35.5. The van der Waals surface area contributed by atoms with E-state index in [1.54, 1.807) is 6.20 Å². The van der Waals surface area contributed by atoms with Crippen LogP contribution in [-0.4, -0.2) is 28.8 Å². The average molecular weight is 225 g/mol. The highest BCUT2D eigenvalue weighted by Crippen LogP contribution is 2.46. The fraction of sp³-hybridized carbons (Fsp3) is 0.545. The molecule has 80 valence electrons. The van der Waals surface area contributed by atoms with E-state index in [1.165, 1.54) is 12.8 Å². The molecule has 1 saturated heterocycles. The smallest absolute Gasteiger partial charge is 0.147 e. The number of aliphatic hydroxyl groups is 1. The van der Waals surface area contributed by atoms with Crippen LogP contribution in [0.4, 0.5) is 5.82 Å². The second kappa shape index (κ2) is 3.09. The topological polar surface area (TPSA) is 36.4 Å². The second-order valence-corrected chi connectivity index (χ2v) is 4.95. The molecule has 2 fully saturated rings. The Balaban J connectivity index is 1.74. The zero-order chi connectivity index (χ0) is 10.5. The van der Waals surface area contributed by atoms with Crippen LogP contribution in [0.25, 0.3) is 0 Å². The van der Waals surface area contributed by atoms with Gasteiger partial charge < -0.3 is 10.0 Å². The number of aromatic nitrogens is 1. The van der Waals surface area contributed by atoms with Crippen molar-refractivity contribution < 1.29 is 5.11 Å². The van der Waals surface area contributed by atoms with Crippen LogP contribution in [0.1, 0.15) is 12.8 Å². The van der Waals surface area contributed by atoms with Crippen molar-refractivity contribution >= 4 is 17.4 Å². The van der Waals surface area contributed by atoms with Crippen LogP contribution in [0.2, 0.25) is 5.02 Å². The third-order valence-electron chi connectivity index (χ3n) is 3.31. The Kier molecular flexibility index (Phi) is 1.94. The molecule has 4 heteroatoms. The van der Waals surface area contributed by atoms with Crippen molar-refractivity contribution in [2.24, 2.45) is 5.92 Å². The Morgan fingerprint density at radius 1 is 1.47 bits per heavy atom. The number of pyridine rings is 1. The first-order chi connectivity index (χ1) is 7.19. The van der Waals surface area contributed by atoms with Crippen LogP contribution in [0, 0.1) is 5.92 Å². The standard InChI is InChI=1S/C11H13ClN2O/c12-9-2-1-5-13-10(9)14-6-11(15,7-14)8-3-4-8/h1-2,5,8,15H,3-4,6-7H2. The minimum atomic E-state index is -0.471. The number of rotatable bonds is 2. The maximum absolute atomic E-state index is 10.2. The van der Waals surface area contributed by atoms with Crippen molar-refractivity contribution in [3.05, 3.63) is 23.4 Å². The van der Waals surface area contributed by atoms with Gasteiger partial charge in [0.25, 0.3) is 0 Å². The van der Waals surface area contributed by atoms with Crippen LogP contribution >= 0.6 is 11.6 Å². The number of hydrogen-bond acceptors (Lipinski definition) is 3. The maximum atomic E-state index is 10.2. The summed E-state index contributed by atoms with van der Waals surface area (Å²) in [6.45, 7) is 1.35. The summed E-state index contributed by atoms with van der Waals surface area (Å²) in [4.78, 5) is 6.27. The van der Waals surface area contributed by atoms with E-state index in [-0.39, 0.29) is 0 Å². The van der Waals surface area contributed by atoms with Gasteiger partial charge >= 0.3 is 0 Å². The van der Waals surface area contributed by atoms with Crippen molar-refractivity contribution in [2.45, 2.75) is 18.4 Å². The van der Waals surface area contributed by atoms with E-state index < -0.39 is 5.60 Å². The molecule has 15 heavy (non-hydrogen) atoms. The van der Waals surface area contributed by atoms with Gasteiger partial charge in [-0.2, -0.15) is 0 Å². The lowest BCUT2D eigenvalue weighted by molar-refractivity contribution is -0.00972. The molecular formula is C11H13ClN2O. The maximum Gasteiger partial charge on any atom is 0.147 e. The summed E-state index contributed by atoms with van der Waals surface area (Å²) in [5.41, 5.74) is -0.471. The average Bonchev–Trinajstić information content (AvgIpc) is 2.97. The van der Waals surface area contributed by atoms with Gasteiger partial charge in [-0.3, -0.25) is 0 Å². The third kappa shape index (κ3) is 1.50. The molecule has 2 aliphatic rings. The quantitative estimate of drug-likeness (QED) is 0.831. The van der Waals surface area contributed by atoms with Gasteiger partial charge in [-0.05, 0) is 30.9 Å². The molecule has 1 N–H and O–H groups in total. The van der Waals surface area contributed by atoms with Crippen LogP contribution in [0.3, 0.4) is 0 Å². The molecule has 0 radical (unpaired) electrons. The summed E-state index contributed by atoms with van der Waals surface area (Å²) in [6.07, 6.45) is 4.07. The fourth-order valence-corrected chi connectivity index (χ4v) is 2.49. The van der Waals surface area contributed by atoms with E-state index in [1.807, 2.05) is 17.0 Å². The summed E-state index contributed by atoms with van der Waals surface area (Å²) < 4.78 is 0. The number of halogens is 1. The molecule has 1 aliphatic carbocycles. The molecule has 1 aliphatic heterocycles. The van der Waals surface area contributed by atoms with E-state index in [9.17, 15) is 5.11 Å². The molecule has 1 aromatic rings. The first-order valence-electron chi connectivity index (χ1n) is 5.27. The zero-order valence-corrected chi connectivity index (χ0v) is 9.11. The number of nitrogens with zero attached hydrogens (tertiary/aromatic N) is 2. The molecule has 0 unspecified atom stereocenters. The molecule has 1 saturated carbocycles. The molecule has 0 aromatic carbocycles. The Morgan fingerprint density at radius 2 is 2.20 bits per heavy atom. The normalized spacial score (nSPS) is 23.7. The predicted molar refractivity (Wildman–Crippen MR) is 59.1 cm³/mol. The Hall–Kier alpha value is -0.800. The molecule has 0 atom stereocenters. The van der Waals surface area contributed by atoms with Crippen LogP contribution in [0.5, 0.6) is 0 Å². The van der Waals surface area contributed by atoms with E-state index >= 15 is 0 Å². The molecule has 1 aromatic heterocycles. The lowest BCUT2D eigenvalue weighted by Gasteiger charge is -2.47. The summed E-state index contributed by atoms with van der Waals surface area (Å²) >= 11 is 6.03. The van der Waals surface area contributed by atoms with E-state index in [2.05, 4.69) is 4.98 Å². The Morgan fingerprint density at radius 3 is 2.80 bits per heavy atom. The van der Waals surface area contributed by atoms with Gasteiger partial charge in [0.15, 0.2) is 0 Å². The molecule has 0 bridgehead atoms. The minimum absolute atomic E-state index is 0.471. The number of hydrogen-bond donors (Lipinski definition) is 1. The lowest BCUT2D eigenvalue weighted by Crippen LogP contribution is -2.63. The van der Waals surface area contributed by atoms with Gasteiger partial charge in [-0.1, -0.05) is 11.6 Å². The van der Waals surface area contributed by atoms with E-state index in [0.29, 0.717) is 24.0 Å². The Labute approximate surface area is 93.7 Å². The first kappa shape index (κ1) is 9.43. The van der Waals surface area contributed by atoms with Crippen LogP contribution < -0.4 is 4.90 Å². The molecule has 0 amide bonds. The summed E-state index contributed by atoms with van der Waals surface area (Å²) in [5, 5.41) is 10.8. The monoisotopic (exact) mass is 224 g/mol. The van der Waals surface area contributed by atoms with E-state index in [0.717, 1.165) is 5.82 Å². The largest absolute Gasteiger partial charge is 0.386 e. The Bertz CT molecular complexity index is 386. The van der Waals surface area contributed by atoms with Crippen LogP contribution in [-0.2, 0) is 0 Å². The van der Waals surface area contributed by atoms with Gasteiger partial charge in [0.2, 0.25) is 0 Å². The van der Waals surface area contributed by atoms with E-state index in [4.69, 9.17) is 11.6 Å². The van der Waals surface area contributed by atoms with Crippen molar-refractivity contribution in [3.8, 4) is 0 Å². The summed E-state index contributed by atoms with van der Waals surface area (Å²) in [6, 6.07) is 3.65. The molecular weight excluding hydrogens is 212 g/mol. The summed E-state index contributed by atoms with van der Waals surface area (Å²) in [7, 11) is 0. The summed E-state index contributed by atoms with van der Waals surface area (Å²) in [5.74, 6) is 1.31. The highest BCUT2D eigenvalue weighted by Gasteiger charge is 2.52. The van der Waals surface area contributed by atoms with Crippen molar-refractivity contribution in [2.75, 3.05) is 18.0 Å². The minimum Gasteiger partial charge on any atom is -0.386 e. The molecule has 3 nitrogen and oxygen atoms in total. The number of β-amino-alcohol motifs (C(OH)–C–C–N with tert-alkyl or cyclic N) is 1. The van der Waals surface area contributed by atoms with Gasteiger partial charge in [0.05, 0.1) is 18.1 Å². The predicted octanol–water partition coefficient (Wildman–Crippen LogP) is 1.70. The fourth-order valence-electron chi connectivity index (χ4n) is 2.25. The van der Waals surface area contributed by atoms with Crippen molar-refractivity contribution in [1.82, 2.24) is 4.98 Å². The van der Waals surface area contributed by atoms with Crippen molar-refractivity contribution in [3.63, 3.8) is 0 Å². The third-order valence-corrected chi connectivity index (χ3v) is 3.60. The van der Waals surface area contributed by atoms with Gasteiger partial charge in [-0.25, -0.2) is 4.98 Å². The molecule has 0 spiro atoms. The van der Waals surface area contributed by atoms with Gasteiger partial charge in [0, 0.05) is 6.20 Å². The van der Waals surface area contributed by atoms with Crippen molar-refractivity contribution in [1.29, 1.82) is 0 Å². The zero-order valence-electron chi connectivity index (χ0n) is 8.36. The molecule has 3 rings (SSSR count). The molecule has 2 heterocycles. The SMILES string of the molecule is OC1(C2CC2)CN(c2ncccc2Cl)C1. The van der Waals surface area contributed by atoms with Gasteiger partial charge in [-0.15, -0.1) is 0 Å². The lowest BCUT2D eigenvalue weighted by atomic mass is 9.89. The first-order valence-corrected chi connectivity index (χ1v) is 5.65. The highest BCUT2D eigenvalue weighted by molar-refractivity contribution is 6.32. The van der Waals surface area contributed by atoms with Crippen LogP contribution in [0.15, 0.2) is 18.3 Å². The van der Waals surface area contributed by atoms with Gasteiger partial charge in [0.1, 0.15) is 11.4 Å².